The summed E-state index contributed by atoms with van der Waals surface area (Å²) in [5.74, 6) is 5.45. The predicted molar refractivity (Wildman–Crippen MR) is 204 cm³/mol. The van der Waals surface area contributed by atoms with Crippen molar-refractivity contribution in [1.29, 1.82) is 0 Å². The minimum absolute atomic E-state index is 0.0534. The summed E-state index contributed by atoms with van der Waals surface area (Å²) in [5.41, 5.74) is 12.8. The van der Waals surface area contributed by atoms with Crippen LogP contribution in [0.4, 0.5) is 17.1 Å². The number of hydrogen-bond acceptors (Lipinski definition) is 2. The molecule has 250 valence electrons. The van der Waals surface area contributed by atoms with Gasteiger partial charge in [0.25, 0.3) is 0 Å². The molecule has 2 nitrogen and oxygen atoms in total. The van der Waals surface area contributed by atoms with Crippen LogP contribution in [0.1, 0.15) is 88.5 Å². The summed E-state index contributed by atoms with van der Waals surface area (Å²) in [6.07, 6.45) is 8.08. The molecule has 5 aromatic carbocycles. The molecule has 5 aromatic rings. The molecule has 2 heteroatoms. The van der Waals surface area contributed by atoms with Crippen LogP contribution in [0.3, 0.4) is 0 Å². The molecule has 4 fully saturated rings. The van der Waals surface area contributed by atoms with E-state index in [0.29, 0.717) is 5.41 Å². The normalized spacial score (nSPS) is 31.0. The molecule has 1 aliphatic heterocycles. The van der Waals surface area contributed by atoms with E-state index in [9.17, 15) is 0 Å². The quantitative estimate of drug-likeness (QED) is 0.191. The highest BCUT2D eigenvalue weighted by Crippen LogP contribution is 2.89. The minimum atomic E-state index is 0.0534. The first kappa shape index (κ1) is 29.4. The lowest BCUT2D eigenvalue weighted by atomic mass is 9.26. The van der Waals surface area contributed by atoms with Crippen molar-refractivity contribution in [3.05, 3.63) is 138 Å². The van der Waals surface area contributed by atoms with Crippen molar-refractivity contribution in [3.63, 3.8) is 0 Å². The standard InChI is InChI=1S/C48H47NO/c1-45(2)22-23-46(3,4)44-38(45)16-11-17-39(44)49(34-14-9-6-10-15-34)35-19-21-37-41(28-35)50-40-26-32(31-12-7-5-8-13-31)18-20-36(40)48(37)42-25-30-24-33-27-43(48)47(33,42)29-30/h5-21,26,28,30,33,42-43H,22-25,27,29H2,1-4H3. The highest BCUT2D eigenvalue weighted by molar-refractivity contribution is 5.82. The molecule has 0 saturated heterocycles. The Morgan fingerprint density at radius 3 is 2.06 bits per heavy atom. The third-order valence-electron chi connectivity index (χ3n) is 15.0. The minimum Gasteiger partial charge on any atom is -0.457 e. The summed E-state index contributed by atoms with van der Waals surface area (Å²) in [7, 11) is 0. The first-order valence-corrected chi connectivity index (χ1v) is 19.2. The number of benzene rings is 5. The predicted octanol–water partition coefficient (Wildman–Crippen LogP) is 12.6. The van der Waals surface area contributed by atoms with E-state index in [2.05, 4.69) is 148 Å². The molecule has 4 saturated carbocycles. The topological polar surface area (TPSA) is 12.5 Å². The molecule has 2 spiro atoms. The lowest BCUT2D eigenvalue weighted by Gasteiger charge is -2.77. The molecular formula is C48H47NO. The van der Waals surface area contributed by atoms with Gasteiger partial charge in [0, 0.05) is 34.0 Å². The van der Waals surface area contributed by atoms with Crippen molar-refractivity contribution in [3.8, 4) is 22.6 Å². The second kappa shape index (κ2) is 9.72. The van der Waals surface area contributed by atoms with Crippen molar-refractivity contribution in [2.24, 2.45) is 29.1 Å². The smallest absolute Gasteiger partial charge is 0.133 e. The van der Waals surface area contributed by atoms with Gasteiger partial charge in [-0.05, 0) is 131 Å². The fraction of sp³-hybridized carbons (Fsp3) is 0.375. The first-order valence-electron chi connectivity index (χ1n) is 19.2. The Hall–Kier alpha value is -4.30. The average molecular weight is 654 g/mol. The average Bonchev–Trinajstić information content (AvgIpc) is 3.66. The summed E-state index contributed by atoms with van der Waals surface area (Å²) in [5, 5.41) is 0. The fourth-order valence-corrected chi connectivity index (χ4v) is 13.0. The monoisotopic (exact) mass is 653 g/mol. The van der Waals surface area contributed by atoms with Crippen molar-refractivity contribution in [2.75, 3.05) is 4.90 Å². The number of ether oxygens (including phenoxy) is 1. The number of para-hydroxylation sites is 1. The van der Waals surface area contributed by atoms with E-state index in [1.54, 1.807) is 0 Å². The van der Waals surface area contributed by atoms with E-state index < -0.39 is 0 Å². The van der Waals surface area contributed by atoms with Crippen LogP contribution >= 0.6 is 0 Å². The number of nitrogens with zero attached hydrogens (tertiary/aromatic N) is 1. The van der Waals surface area contributed by atoms with Crippen molar-refractivity contribution in [1.82, 2.24) is 0 Å². The van der Waals surface area contributed by atoms with E-state index in [0.717, 1.165) is 35.2 Å². The molecule has 11 rings (SSSR count). The Morgan fingerprint density at radius 1 is 0.580 bits per heavy atom. The summed E-state index contributed by atoms with van der Waals surface area (Å²) in [6, 6.07) is 43.4. The van der Waals surface area contributed by atoms with Crippen LogP contribution in [-0.4, -0.2) is 0 Å². The zero-order chi connectivity index (χ0) is 33.6. The van der Waals surface area contributed by atoms with Crippen LogP contribution in [0.5, 0.6) is 11.5 Å². The number of anilines is 3. The highest BCUT2D eigenvalue weighted by atomic mass is 16.5. The lowest BCUT2D eigenvalue weighted by molar-refractivity contribution is -0.235. The third-order valence-corrected chi connectivity index (χ3v) is 15.0. The van der Waals surface area contributed by atoms with Gasteiger partial charge in [0.1, 0.15) is 11.5 Å². The summed E-state index contributed by atoms with van der Waals surface area (Å²) < 4.78 is 7.19. The van der Waals surface area contributed by atoms with Gasteiger partial charge in [-0.15, -0.1) is 0 Å². The fourth-order valence-electron chi connectivity index (χ4n) is 13.0. The number of hydrogen-bond donors (Lipinski definition) is 0. The Labute approximate surface area is 297 Å². The SMILES string of the molecule is CC1(C)CCC(C)(C)c2c(N(c3ccccc3)c3ccc4c(c3)Oc3cc(-c5ccccc5)ccc3C43C4CC5CC6CC3C64C5)cccc21. The second-order valence-corrected chi connectivity index (χ2v) is 18.1. The highest BCUT2D eigenvalue weighted by Gasteiger charge is 2.84. The van der Waals surface area contributed by atoms with Gasteiger partial charge in [-0.3, -0.25) is 0 Å². The van der Waals surface area contributed by atoms with Crippen LogP contribution in [0.25, 0.3) is 11.1 Å². The maximum absolute atomic E-state index is 7.19. The summed E-state index contributed by atoms with van der Waals surface area (Å²) in [4.78, 5) is 2.52. The molecule has 6 atom stereocenters. The molecule has 0 N–H and O–H groups in total. The van der Waals surface area contributed by atoms with E-state index in [1.165, 1.54) is 89.0 Å². The molecule has 0 radical (unpaired) electrons. The summed E-state index contributed by atoms with van der Waals surface area (Å²) in [6.45, 7) is 9.75. The molecule has 0 amide bonds. The van der Waals surface area contributed by atoms with Crippen LogP contribution < -0.4 is 9.64 Å². The Balaban J connectivity index is 1.11. The molecule has 1 heterocycles. The maximum Gasteiger partial charge on any atom is 0.133 e. The van der Waals surface area contributed by atoms with Gasteiger partial charge < -0.3 is 9.64 Å². The van der Waals surface area contributed by atoms with Crippen LogP contribution in [0.2, 0.25) is 0 Å². The van der Waals surface area contributed by atoms with Gasteiger partial charge in [0.15, 0.2) is 0 Å². The Morgan fingerprint density at radius 2 is 1.28 bits per heavy atom. The van der Waals surface area contributed by atoms with E-state index >= 15 is 0 Å². The van der Waals surface area contributed by atoms with Gasteiger partial charge in [0.2, 0.25) is 0 Å². The van der Waals surface area contributed by atoms with Gasteiger partial charge >= 0.3 is 0 Å². The molecule has 5 aliphatic carbocycles. The van der Waals surface area contributed by atoms with Gasteiger partial charge in [0.05, 0.1) is 5.69 Å². The lowest BCUT2D eigenvalue weighted by Crippen LogP contribution is -2.74. The molecule has 50 heavy (non-hydrogen) atoms. The molecule has 6 aliphatic rings. The molecular weight excluding hydrogens is 607 g/mol. The zero-order valence-electron chi connectivity index (χ0n) is 29.9. The zero-order valence-corrected chi connectivity index (χ0v) is 29.9. The van der Waals surface area contributed by atoms with E-state index in [-0.39, 0.29) is 16.2 Å². The van der Waals surface area contributed by atoms with Gasteiger partial charge in [-0.2, -0.15) is 0 Å². The van der Waals surface area contributed by atoms with Crippen molar-refractivity contribution in [2.45, 2.75) is 82.5 Å². The Kier molecular flexibility index (Phi) is 5.72. The van der Waals surface area contributed by atoms with E-state index in [4.69, 9.17) is 4.74 Å². The molecule has 0 aromatic heterocycles. The summed E-state index contributed by atoms with van der Waals surface area (Å²) >= 11 is 0. The number of rotatable bonds is 4. The van der Waals surface area contributed by atoms with Gasteiger partial charge in [-0.25, -0.2) is 0 Å². The van der Waals surface area contributed by atoms with Crippen molar-refractivity contribution < 1.29 is 4.74 Å². The molecule has 6 unspecified atom stereocenters. The molecule has 2 bridgehead atoms. The maximum atomic E-state index is 7.19. The van der Waals surface area contributed by atoms with Crippen LogP contribution in [-0.2, 0) is 16.2 Å². The number of fused-ring (bicyclic) bond motifs is 8. The largest absolute Gasteiger partial charge is 0.457 e. The first-order chi connectivity index (χ1) is 24.2. The third kappa shape index (κ3) is 3.56. The van der Waals surface area contributed by atoms with Crippen LogP contribution in [0, 0.1) is 29.1 Å². The van der Waals surface area contributed by atoms with Gasteiger partial charge in [-0.1, -0.05) is 107 Å². The van der Waals surface area contributed by atoms with Crippen molar-refractivity contribution >= 4 is 17.1 Å². The van der Waals surface area contributed by atoms with Crippen LogP contribution in [0.15, 0.2) is 115 Å². The second-order valence-electron chi connectivity index (χ2n) is 18.1. The van der Waals surface area contributed by atoms with E-state index in [1.807, 2.05) is 0 Å². The Bertz CT molecular complexity index is 2200.